The second-order valence-electron chi connectivity index (χ2n) is 2.25. The van der Waals surface area contributed by atoms with Gasteiger partial charge in [-0.3, -0.25) is 0 Å². The molecule has 0 N–H and O–H groups in total. The van der Waals surface area contributed by atoms with Crippen molar-refractivity contribution in [1.29, 1.82) is 0 Å². The number of hydrogen-bond acceptors (Lipinski definition) is 0. The van der Waals surface area contributed by atoms with E-state index in [1.54, 1.807) is 0 Å². The number of halogens is 1. The van der Waals surface area contributed by atoms with Gasteiger partial charge in [0.2, 0.25) is 0 Å². The minimum Gasteiger partial charge on any atom is -0.0841 e. The number of hydrogen-bond donors (Lipinski definition) is 0. The Bertz CT molecular complexity index is 220. The Kier molecular flexibility index (Phi) is 1.93. The molecule has 0 bridgehead atoms. The molecule has 1 rings (SSSR count). The summed E-state index contributed by atoms with van der Waals surface area (Å²) in [6.45, 7) is 2.03. The van der Waals surface area contributed by atoms with Crippen molar-refractivity contribution in [3.05, 3.63) is 28.8 Å². The smallest absolute Gasteiger partial charge is 0.0435 e. The van der Waals surface area contributed by atoms with E-state index < -0.39 is 0 Å². The van der Waals surface area contributed by atoms with Crippen molar-refractivity contribution in [3.63, 3.8) is 0 Å². The van der Waals surface area contributed by atoms with Gasteiger partial charge in [0, 0.05) is 15.3 Å². The zero-order chi connectivity index (χ0) is 6.85. The summed E-state index contributed by atoms with van der Waals surface area (Å²) in [4.78, 5) is 0. The molecule has 0 saturated heterocycles. The van der Waals surface area contributed by atoms with Crippen LogP contribution in [0.3, 0.4) is 0 Å². The zero-order valence-electron chi connectivity index (χ0n) is 5.61. The van der Waals surface area contributed by atoms with Crippen LogP contribution in [0.4, 0.5) is 0 Å². The molecule has 0 aliphatic heterocycles. The summed E-state index contributed by atoms with van der Waals surface area (Å²) in [5.41, 5.74) is 1.18. The summed E-state index contributed by atoms with van der Waals surface area (Å²) in [5.74, 6) is 0. The molecule has 0 aromatic heterocycles. The molecule has 0 aliphatic carbocycles. The van der Waals surface area contributed by atoms with Crippen molar-refractivity contribution in [1.82, 2.24) is 0 Å². The van der Waals surface area contributed by atoms with E-state index in [-0.39, 0.29) is 0 Å². The van der Waals surface area contributed by atoms with Crippen LogP contribution in [0.1, 0.15) is 5.56 Å². The molecule has 0 atom stereocenters. The first-order valence-electron chi connectivity index (χ1n) is 2.93. The minimum absolute atomic E-state index is 0.870. The van der Waals surface area contributed by atoms with Gasteiger partial charge in [0.15, 0.2) is 0 Å². The molecule has 0 unspecified atom stereocenters. The normalized spacial score (nSPS) is 10.0. The number of aryl methyl sites for hydroxylation is 1. The highest BCUT2D eigenvalue weighted by Gasteiger charge is 1.91. The third-order valence-electron chi connectivity index (χ3n) is 1.31. The van der Waals surface area contributed by atoms with Gasteiger partial charge in [0.05, 0.1) is 0 Å². The van der Waals surface area contributed by atoms with Crippen LogP contribution in [0.5, 0.6) is 0 Å². The Labute approximate surface area is 63.3 Å². The van der Waals surface area contributed by atoms with Crippen molar-refractivity contribution in [2.75, 3.05) is 0 Å². The first kappa shape index (κ1) is 6.84. The van der Waals surface area contributed by atoms with Crippen LogP contribution < -0.4 is 5.19 Å². The van der Waals surface area contributed by atoms with E-state index in [9.17, 15) is 0 Å². The van der Waals surface area contributed by atoms with Crippen LogP contribution in [0, 0.1) is 6.92 Å². The SMILES string of the molecule is Cc1cc([SiH3])ccc1Cl. The minimum atomic E-state index is 0.870. The Morgan fingerprint density at radius 3 is 2.56 bits per heavy atom. The van der Waals surface area contributed by atoms with E-state index in [0.717, 1.165) is 15.3 Å². The maximum atomic E-state index is 5.80. The molecule has 0 saturated carbocycles. The zero-order valence-corrected chi connectivity index (χ0v) is 8.37. The van der Waals surface area contributed by atoms with Gasteiger partial charge in [0.25, 0.3) is 0 Å². The van der Waals surface area contributed by atoms with Gasteiger partial charge in [-0.15, -0.1) is 0 Å². The van der Waals surface area contributed by atoms with Gasteiger partial charge >= 0.3 is 0 Å². The van der Waals surface area contributed by atoms with E-state index >= 15 is 0 Å². The molecule has 9 heavy (non-hydrogen) atoms. The van der Waals surface area contributed by atoms with Gasteiger partial charge in [-0.05, 0) is 18.6 Å². The second-order valence-corrected chi connectivity index (χ2v) is 3.81. The monoisotopic (exact) mass is 156 g/mol. The quantitative estimate of drug-likeness (QED) is 0.484. The molecule has 0 aliphatic rings. The molecule has 0 amide bonds. The van der Waals surface area contributed by atoms with E-state index in [2.05, 4.69) is 12.1 Å². The number of benzene rings is 1. The molecule has 0 nitrogen and oxygen atoms in total. The Morgan fingerprint density at radius 2 is 2.11 bits per heavy atom. The standard InChI is InChI=1S/C7H9ClSi/c1-5-4-6(9)2-3-7(5)8/h2-4H,1,9H3. The molecule has 1 aromatic rings. The molecule has 1 aromatic carbocycles. The van der Waals surface area contributed by atoms with Gasteiger partial charge in [-0.2, -0.15) is 0 Å². The topological polar surface area (TPSA) is 0 Å². The lowest BCUT2D eigenvalue weighted by atomic mass is 10.2. The summed E-state index contributed by atoms with van der Waals surface area (Å²) < 4.78 is 0. The molecule has 0 fully saturated rings. The predicted molar refractivity (Wildman–Crippen MR) is 45.8 cm³/mol. The lowest BCUT2D eigenvalue weighted by Crippen LogP contribution is -2.00. The first-order chi connectivity index (χ1) is 4.20. The van der Waals surface area contributed by atoms with Crippen molar-refractivity contribution < 1.29 is 0 Å². The Hall–Kier alpha value is -0.273. The highest BCUT2D eigenvalue weighted by molar-refractivity contribution is 6.34. The van der Waals surface area contributed by atoms with E-state index in [1.807, 2.05) is 13.0 Å². The Morgan fingerprint density at radius 1 is 1.44 bits per heavy atom. The van der Waals surface area contributed by atoms with E-state index in [0.29, 0.717) is 0 Å². The fourth-order valence-electron chi connectivity index (χ4n) is 0.795. The highest BCUT2D eigenvalue weighted by Crippen LogP contribution is 2.10. The van der Waals surface area contributed by atoms with Crippen molar-refractivity contribution >= 4 is 27.0 Å². The molecular formula is C7H9ClSi. The first-order valence-corrected chi connectivity index (χ1v) is 4.30. The molecule has 0 radical (unpaired) electrons. The molecule has 2 heteroatoms. The fourth-order valence-corrected chi connectivity index (χ4v) is 1.51. The van der Waals surface area contributed by atoms with Crippen LogP contribution in [-0.2, 0) is 0 Å². The van der Waals surface area contributed by atoms with Gasteiger partial charge in [0.1, 0.15) is 0 Å². The van der Waals surface area contributed by atoms with Crippen LogP contribution in [0.25, 0.3) is 0 Å². The maximum Gasteiger partial charge on any atom is 0.0435 e. The van der Waals surface area contributed by atoms with Gasteiger partial charge < -0.3 is 0 Å². The summed E-state index contributed by atoms with van der Waals surface area (Å²) in [6, 6.07) is 6.16. The molecule has 48 valence electrons. The molecular weight excluding hydrogens is 148 g/mol. The average molecular weight is 157 g/mol. The van der Waals surface area contributed by atoms with Crippen molar-refractivity contribution in [2.24, 2.45) is 0 Å². The van der Waals surface area contributed by atoms with Crippen LogP contribution in [0.15, 0.2) is 18.2 Å². The summed E-state index contributed by atoms with van der Waals surface area (Å²) in [5, 5.41) is 2.27. The molecule has 0 spiro atoms. The van der Waals surface area contributed by atoms with Gasteiger partial charge in [-0.1, -0.05) is 28.9 Å². The second kappa shape index (κ2) is 2.54. The fraction of sp³-hybridized carbons (Fsp3) is 0.143. The van der Waals surface area contributed by atoms with Crippen molar-refractivity contribution in [2.45, 2.75) is 6.92 Å². The summed E-state index contributed by atoms with van der Waals surface area (Å²) >= 11 is 5.80. The largest absolute Gasteiger partial charge is 0.0841 e. The van der Waals surface area contributed by atoms with Crippen molar-refractivity contribution in [3.8, 4) is 0 Å². The lowest BCUT2D eigenvalue weighted by molar-refractivity contribution is 1.49. The third-order valence-corrected chi connectivity index (χ3v) is 2.36. The lowest BCUT2D eigenvalue weighted by Gasteiger charge is -1.96. The molecule has 0 heterocycles. The maximum absolute atomic E-state index is 5.80. The van der Waals surface area contributed by atoms with E-state index in [1.165, 1.54) is 10.8 Å². The number of rotatable bonds is 0. The van der Waals surface area contributed by atoms with Crippen LogP contribution in [-0.4, -0.2) is 10.2 Å². The predicted octanol–water partition coefficient (Wildman–Crippen LogP) is 0.639. The van der Waals surface area contributed by atoms with Crippen LogP contribution in [0.2, 0.25) is 5.02 Å². The van der Waals surface area contributed by atoms with E-state index in [4.69, 9.17) is 11.6 Å². The highest BCUT2D eigenvalue weighted by atomic mass is 35.5. The third kappa shape index (κ3) is 1.56. The Balaban J connectivity index is 3.17. The average Bonchev–Trinajstić information content (AvgIpc) is 1.80. The summed E-state index contributed by atoms with van der Waals surface area (Å²) in [7, 11) is 1.11. The summed E-state index contributed by atoms with van der Waals surface area (Å²) in [6.07, 6.45) is 0. The van der Waals surface area contributed by atoms with Crippen LogP contribution >= 0.6 is 11.6 Å². The van der Waals surface area contributed by atoms with Gasteiger partial charge in [-0.25, -0.2) is 0 Å².